The highest BCUT2D eigenvalue weighted by atomic mass is 16.3. The van der Waals surface area contributed by atoms with Crippen molar-refractivity contribution in [2.75, 3.05) is 0 Å². The van der Waals surface area contributed by atoms with Crippen molar-refractivity contribution in [2.45, 2.75) is 66.6 Å². The maximum Gasteiger partial charge on any atom is 0.0847 e. The van der Waals surface area contributed by atoms with E-state index in [0.29, 0.717) is 6.42 Å². The van der Waals surface area contributed by atoms with Crippen LogP contribution < -0.4 is 0 Å². The fourth-order valence-electron chi connectivity index (χ4n) is 1.32. The van der Waals surface area contributed by atoms with Crippen LogP contribution in [-0.4, -0.2) is 22.4 Å². The van der Waals surface area contributed by atoms with Crippen LogP contribution in [0.3, 0.4) is 0 Å². The number of rotatable bonds is 3. The summed E-state index contributed by atoms with van der Waals surface area (Å²) < 4.78 is 0. The van der Waals surface area contributed by atoms with E-state index in [4.69, 9.17) is 0 Å². The minimum Gasteiger partial charge on any atom is -0.390 e. The third-order valence-electron chi connectivity index (χ3n) is 2.44. The minimum absolute atomic E-state index is 0.221. The van der Waals surface area contributed by atoms with Gasteiger partial charge in [0.2, 0.25) is 0 Å². The van der Waals surface area contributed by atoms with Gasteiger partial charge in [0.05, 0.1) is 12.2 Å². The van der Waals surface area contributed by atoms with Crippen molar-refractivity contribution in [1.29, 1.82) is 0 Å². The van der Waals surface area contributed by atoms with E-state index in [1.165, 1.54) is 0 Å². The Labute approximate surface area is 88.3 Å². The summed E-state index contributed by atoms with van der Waals surface area (Å²) >= 11 is 0. The van der Waals surface area contributed by atoms with Gasteiger partial charge in [-0.15, -0.1) is 0 Å². The average Bonchev–Trinajstić information content (AvgIpc) is 1.95. The molecular formula is C12H26O2. The Morgan fingerprint density at radius 2 is 1.36 bits per heavy atom. The largest absolute Gasteiger partial charge is 0.390 e. The fourth-order valence-corrected chi connectivity index (χ4v) is 1.32. The molecule has 2 heteroatoms. The third-order valence-corrected chi connectivity index (χ3v) is 2.44. The van der Waals surface area contributed by atoms with E-state index in [9.17, 15) is 10.2 Å². The lowest BCUT2D eigenvalue weighted by Gasteiger charge is -2.31. The monoisotopic (exact) mass is 202 g/mol. The van der Waals surface area contributed by atoms with Crippen molar-refractivity contribution in [3.05, 3.63) is 0 Å². The van der Waals surface area contributed by atoms with Gasteiger partial charge in [0, 0.05) is 0 Å². The van der Waals surface area contributed by atoms with Gasteiger partial charge in [-0.05, 0) is 23.7 Å². The van der Waals surface area contributed by atoms with E-state index in [0.717, 1.165) is 6.42 Å². The summed E-state index contributed by atoms with van der Waals surface area (Å²) in [5.74, 6) is 0. The van der Waals surface area contributed by atoms with Gasteiger partial charge in [-0.2, -0.15) is 0 Å². The number of hydrogen-bond donors (Lipinski definition) is 2. The molecule has 0 rings (SSSR count). The first kappa shape index (κ1) is 13.9. The third kappa shape index (κ3) is 5.61. The molecule has 0 aliphatic rings. The molecule has 2 nitrogen and oxygen atoms in total. The van der Waals surface area contributed by atoms with E-state index in [1.807, 2.05) is 20.8 Å². The number of aliphatic hydroxyl groups is 2. The van der Waals surface area contributed by atoms with Crippen molar-refractivity contribution in [1.82, 2.24) is 0 Å². The summed E-state index contributed by atoms with van der Waals surface area (Å²) in [5.41, 5.74) is -0.0180. The van der Waals surface area contributed by atoms with Crippen molar-refractivity contribution < 1.29 is 10.2 Å². The summed E-state index contributed by atoms with van der Waals surface area (Å²) in [5, 5.41) is 19.6. The minimum atomic E-state index is -0.634. The Hall–Kier alpha value is -0.0800. The summed E-state index contributed by atoms with van der Waals surface area (Å²) in [6.45, 7) is 12.3. The van der Waals surface area contributed by atoms with Crippen LogP contribution in [0.5, 0.6) is 0 Å². The van der Waals surface area contributed by atoms with Crippen LogP contribution in [0, 0.1) is 10.8 Å². The molecule has 0 spiro atoms. The predicted octanol–water partition coefficient (Wildman–Crippen LogP) is 2.58. The van der Waals surface area contributed by atoms with Crippen molar-refractivity contribution in [2.24, 2.45) is 10.8 Å². The Kier molecular flexibility index (Phi) is 4.60. The molecule has 0 aliphatic carbocycles. The molecule has 86 valence electrons. The quantitative estimate of drug-likeness (QED) is 0.738. The zero-order chi connectivity index (χ0) is 11.6. The second kappa shape index (κ2) is 4.63. The predicted molar refractivity (Wildman–Crippen MR) is 60.2 cm³/mol. The van der Waals surface area contributed by atoms with Crippen LogP contribution in [0.1, 0.15) is 54.4 Å². The molecule has 2 atom stereocenters. The van der Waals surface area contributed by atoms with Crippen LogP contribution in [0.2, 0.25) is 0 Å². The van der Waals surface area contributed by atoms with E-state index in [1.54, 1.807) is 0 Å². The highest BCUT2D eigenvalue weighted by Crippen LogP contribution is 2.27. The molecule has 14 heavy (non-hydrogen) atoms. The first-order valence-corrected chi connectivity index (χ1v) is 5.40. The van der Waals surface area contributed by atoms with Crippen LogP contribution in [0.25, 0.3) is 0 Å². The second-order valence-corrected chi connectivity index (χ2v) is 6.48. The molecule has 0 bridgehead atoms. The first-order chi connectivity index (χ1) is 6.04. The van der Waals surface area contributed by atoms with Crippen LogP contribution in [-0.2, 0) is 0 Å². The van der Waals surface area contributed by atoms with Crippen LogP contribution in [0.15, 0.2) is 0 Å². The van der Waals surface area contributed by atoms with Gasteiger partial charge in [-0.25, -0.2) is 0 Å². The topological polar surface area (TPSA) is 40.5 Å². The molecule has 0 aromatic carbocycles. The normalized spacial score (nSPS) is 18.0. The lowest BCUT2D eigenvalue weighted by molar-refractivity contribution is -0.0508. The van der Waals surface area contributed by atoms with Crippen LogP contribution in [0.4, 0.5) is 0 Å². The van der Waals surface area contributed by atoms with E-state index in [-0.39, 0.29) is 10.8 Å². The molecule has 0 aromatic heterocycles. The number of aliphatic hydroxyl groups excluding tert-OH is 2. The van der Waals surface area contributed by atoms with Crippen molar-refractivity contribution >= 4 is 0 Å². The SMILES string of the molecule is CC(C)(C)CCC(O)C(O)C(C)(C)C. The van der Waals surface area contributed by atoms with Gasteiger partial charge < -0.3 is 10.2 Å². The molecule has 0 radical (unpaired) electrons. The zero-order valence-corrected chi connectivity index (χ0v) is 10.5. The molecule has 0 heterocycles. The summed E-state index contributed by atoms with van der Waals surface area (Å²) in [7, 11) is 0. The lowest BCUT2D eigenvalue weighted by Crippen LogP contribution is -2.38. The fraction of sp³-hybridized carbons (Fsp3) is 1.00. The molecule has 0 aliphatic heterocycles. The van der Waals surface area contributed by atoms with E-state index >= 15 is 0 Å². The summed E-state index contributed by atoms with van der Waals surface area (Å²) in [6, 6.07) is 0. The van der Waals surface area contributed by atoms with Crippen molar-refractivity contribution in [3.8, 4) is 0 Å². The average molecular weight is 202 g/mol. The van der Waals surface area contributed by atoms with Gasteiger partial charge in [-0.3, -0.25) is 0 Å². The van der Waals surface area contributed by atoms with Gasteiger partial charge in [0.25, 0.3) is 0 Å². The Bertz CT molecular complexity index is 162. The highest BCUT2D eigenvalue weighted by molar-refractivity contribution is 4.80. The molecule has 0 saturated carbocycles. The molecule has 2 unspecified atom stereocenters. The van der Waals surface area contributed by atoms with Gasteiger partial charge >= 0.3 is 0 Å². The van der Waals surface area contributed by atoms with Crippen LogP contribution >= 0.6 is 0 Å². The van der Waals surface area contributed by atoms with Gasteiger partial charge in [0.15, 0.2) is 0 Å². The van der Waals surface area contributed by atoms with E-state index in [2.05, 4.69) is 20.8 Å². The molecule has 0 saturated heterocycles. The standard InChI is InChI=1S/C12H26O2/c1-11(2,3)8-7-9(13)10(14)12(4,5)6/h9-10,13-14H,7-8H2,1-6H3. The van der Waals surface area contributed by atoms with Crippen molar-refractivity contribution in [3.63, 3.8) is 0 Å². The van der Waals surface area contributed by atoms with Gasteiger partial charge in [-0.1, -0.05) is 41.5 Å². The molecule has 0 aromatic rings. The zero-order valence-electron chi connectivity index (χ0n) is 10.5. The number of hydrogen-bond acceptors (Lipinski definition) is 2. The second-order valence-electron chi connectivity index (χ2n) is 6.48. The van der Waals surface area contributed by atoms with Gasteiger partial charge in [0.1, 0.15) is 0 Å². The molecule has 0 fully saturated rings. The molecular weight excluding hydrogens is 176 g/mol. The molecule has 0 amide bonds. The Balaban J connectivity index is 4.03. The molecule has 2 N–H and O–H groups in total. The summed E-state index contributed by atoms with van der Waals surface area (Å²) in [6.07, 6.45) is 0.363. The summed E-state index contributed by atoms with van der Waals surface area (Å²) in [4.78, 5) is 0. The maximum atomic E-state index is 9.80. The highest BCUT2D eigenvalue weighted by Gasteiger charge is 2.29. The Morgan fingerprint density at radius 1 is 0.929 bits per heavy atom. The maximum absolute atomic E-state index is 9.80. The Morgan fingerprint density at radius 3 is 1.64 bits per heavy atom. The smallest absolute Gasteiger partial charge is 0.0847 e. The lowest BCUT2D eigenvalue weighted by atomic mass is 9.81. The van der Waals surface area contributed by atoms with E-state index < -0.39 is 12.2 Å². The first-order valence-electron chi connectivity index (χ1n) is 5.40.